The predicted molar refractivity (Wildman–Crippen MR) is 59.5 cm³/mol. The van der Waals surface area contributed by atoms with E-state index in [0.29, 0.717) is 19.4 Å². The largest absolute Gasteiger partial charge is 0.480 e. The van der Waals surface area contributed by atoms with Crippen LogP contribution in [0.5, 0.6) is 0 Å². The molecule has 0 aromatic heterocycles. The minimum absolute atomic E-state index is 0.116. The number of nitrogens with zero attached hydrogens (tertiary/aromatic N) is 2. The molecule has 1 rings (SSSR count). The van der Waals surface area contributed by atoms with E-state index in [4.69, 9.17) is 5.11 Å². The molecule has 0 aromatic carbocycles. The predicted octanol–water partition coefficient (Wildman–Crippen LogP) is -0.667. The lowest BCUT2D eigenvalue weighted by atomic mass is 10.2. The van der Waals surface area contributed by atoms with E-state index in [9.17, 15) is 14.4 Å². The quantitative estimate of drug-likeness (QED) is 0.688. The van der Waals surface area contributed by atoms with Crippen LogP contribution in [-0.2, 0) is 9.59 Å². The maximum absolute atomic E-state index is 11.7. The maximum atomic E-state index is 11.7. The van der Waals surface area contributed by atoms with E-state index in [1.807, 2.05) is 0 Å². The minimum Gasteiger partial charge on any atom is -0.480 e. The van der Waals surface area contributed by atoms with Crippen molar-refractivity contribution in [2.45, 2.75) is 18.9 Å². The summed E-state index contributed by atoms with van der Waals surface area (Å²) in [5.74, 6) is -1.24. The van der Waals surface area contributed by atoms with Crippen molar-refractivity contribution in [2.75, 3.05) is 27.2 Å². The van der Waals surface area contributed by atoms with Gasteiger partial charge in [0.05, 0.1) is 6.54 Å². The van der Waals surface area contributed by atoms with Crippen molar-refractivity contribution >= 4 is 17.9 Å². The molecule has 0 bridgehead atoms. The molecule has 96 valence electrons. The standard InChI is InChI=1S/C10H17N3O4/c1-12(2)8(14)6-11-10(17)13-5-3-4-7(13)9(15)16/h7H,3-6H2,1-2H3,(H,11,17)(H,15,16)/t7-/m1/s1. The van der Waals surface area contributed by atoms with E-state index in [1.165, 1.54) is 9.80 Å². The van der Waals surface area contributed by atoms with E-state index >= 15 is 0 Å². The van der Waals surface area contributed by atoms with Gasteiger partial charge in [-0.1, -0.05) is 0 Å². The molecule has 1 aliphatic rings. The van der Waals surface area contributed by atoms with Crippen LogP contribution >= 0.6 is 0 Å². The monoisotopic (exact) mass is 243 g/mol. The molecule has 1 fully saturated rings. The zero-order chi connectivity index (χ0) is 13.0. The highest BCUT2D eigenvalue weighted by Gasteiger charge is 2.33. The Hall–Kier alpha value is -1.79. The first kappa shape index (κ1) is 13.3. The Morgan fingerprint density at radius 2 is 2.06 bits per heavy atom. The van der Waals surface area contributed by atoms with Crippen molar-refractivity contribution in [3.8, 4) is 0 Å². The number of urea groups is 1. The van der Waals surface area contributed by atoms with Crippen LogP contribution in [0.25, 0.3) is 0 Å². The van der Waals surface area contributed by atoms with Gasteiger partial charge in [0.1, 0.15) is 6.04 Å². The number of rotatable bonds is 3. The molecule has 0 aromatic rings. The number of aliphatic carboxylic acids is 1. The van der Waals surface area contributed by atoms with Gasteiger partial charge in [0, 0.05) is 20.6 Å². The van der Waals surface area contributed by atoms with Crippen LogP contribution in [0.1, 0.15) is 12.8 Å². The van der Waals surface area contributed by atoms with Crippen molar-refractivity contribution in [1.29, 1.82) is 0 Å². The zero-order valence-electron chi connectivity index (χ0n) is 9.97. The molecule has 7 nitrogen and oxygen atoms in total. The number of likely N-dealkylation sites (tertiary alicyclic amines) is 1. The van der Waals surface area contributed by atoms with Gasteiger partial charge in [0.2, 0.25) is 5.91 Å². The van der Waals surface area contributed by atoms with Crippen molar-refractivity contribution in [1.82, 2.24) is 15.1 Å². The number of carbonyl (C=O) groups excluding carboxylic acids is 2. The normalized spacial score (nSPS) is 18.9. The van der Waals surface area contributed by atoms with E-state index < -0.39 is 18.0 Å². The molecule has 0 unspecified atom stereocenters. The van der Waals surface area contributed by atoms with Gasteiger partial charge in [-0.15, -0.1) is 0 Å². The van der Waals surface area contributed by atoms with Gasteiger partial charge in [0.15, 0.2) is 0 Å². The molecular weight excluding hydrogens is 226 g/mol. The number of amides is 3. The second-order valence-corrected chi connectivity index (χ2v) is 4.14. The Morgan fingerprint density at radius 3 is 2.59 bits per heavy atom. The SMILES string of the molecule is CN(C)C(=O)CNC(=O)N1CCC[C@@H]1C(=O)O. The lowest BCUT2D eigenvalue weighted by molar-refractivity contribution is -0.141. The van der Waals surface area contributed by atoms with Gasteiger partial charge in [-0.2, -0.15) is 0 Å². The van der Waals surface area contributed by atoms with Crippen molar-refractivity contribution in [3.63, 3.8) is 0 Å². The molecule has 17 heavy (non-hydrogen) atoms. The average molecular weight is 243 g/mol. The molecule has 0 spiro atoms. The molecule has 1 heterocycles. The summed E-state index contributed by atoms with van der Waals surface area (Å²) in [6.07, 6.45) is 1.14. The molecule has 7 heteroatoms. The molecule has 0 aliphatic carbocycles. The Kier molecular flexibility index (Phi) is 4.30. The van der Waals surface area contributed by atoms with Crippen molar-refractivity contribution in [3.05, 3.63) is 0 Å². The number of carbonyl (C=O) groups is 3. The Balaban J connectivity index is 2.47. The molecule has 2 N–H and O–H groups in total. The number of carboxylic acid groups (broad SMARTS) is 1. The lowest BCUT2D eigenvalue weighted by Gasteiger charge is -2.22. The zero-order valence-corrected chi connectivity index (χ0v) is 9.97. The second kappa shape index (κ2) is 5.51. The first-order chi connectivity index (χ1) is 7.93. The molecule has 1 atom stereocenters. The summed E-state index contributed by atoms with van der Waals surface area (Å²) in [6, 6.07) is -1.27. The number of hydrogen-bond acceptors (Lipinski definition) is 3. The van der Waals surface area contributed by atoms with Crippen molar-refractivity contribution in [2.24, 2.45) is 0 Å². The van der Waals surface area contributed by atoms with Crippen LogP contribution in [0.15, 0.2) is 0 Å². The molecule has 0 radical (unpaired) electrons. The first-order valence-corrected chi connectivity index (χ1v) is 5.41. The van der Waals surface area contributed by atoms with E-state index in [-0.39, 0.29) is 12.5 Å². The number of hydrogen-bond donors (Lipinski definition) is 2. The fourth-order valence-electron chi connectivity index (χ4n) is 1.68. The average Bonchev–Trinajstić information content (AvgIpc) is 2.73. The minimum atomic E-state index is -1.00. The summed E-state index contributed by atoms with van der Waals surface area (Å²) in [5, 5.41) is 11.3. The summed E-state index contributed by atoms with van der Waals surface area (Å²) in [6.45, 7) is 0.299. The van der Waals surface area contributed by atoms with Crippen molar-refractivity contribution < 1.29 is 19.5 Å². The van der Waals surface area contributed by atoms with Gasteiger partial charge in [-0.3, -0.25) is 4.79 Å². The summed E-state index contributed by atoms with van der Waals surface area (Å²) in [4.78, 5) is 36.4. The van der Waals surface area contributed by atoms with Gasteiger partial charge >= 0.3 is 12.0 Å². The van der Waals surface area contributed by atoms with E-state index in [2.05, 4.69) is 5.32 Å². The van der Waals surface area contributed by atoms with Gasteiger partial charge in [-0.05, 0) is 12.8 Å². The third-order valence-corrected chi connectivity index (χ3v) is 2.69. The highest BCUT2D eigenvalue weighted by molar-refractivity contribution is 5.86. The summed E-state index contributed by atoms with van der Waals surface area (Å²) in [7, 11) is 3.18. The molecule has 1 saturated heterocycles. The van der Waals surface area contributed by atoms with Gasteiger partial charge in [0.25, 0.3) is 0 Å². The summed E-state index contributed by atoms with van der Waals surface area (Å²) >= 11 is 0. The van der Waals surface area contributed by atoms with Crippen LogP contribution < -0.4 is 5.32 Å². The Bertz CT molecular complexity index is 330. The van der Waals surface area contributed by atoms with Gasteiger partial charge < -0.3 is 20.2 Å². The third kappa shape index (κ3) is 3.33. The topological polar surface area (TPSA) is 90.0 Å². The number of nitrogens with one attached hydrogen (secondary N) is 1. The fourth-order valence-corrected chi connectivity index (χ4v) is 1.68. The molecule has 0 saturated carbocycles. The van der Waals surface area contributed by atoms with Crippen LogP contribution in [0.2, 0.25) is 0 Å². The molecular formula is C10H17N3O4. The van der Waals surface area contributed by atoms with E-state index in [1.54, 1.807) is 14.1 Å². The first-order valence-electron chi connectivity index (χ1n) is 5.41. The summed E-state index contributed by atoms with van der Waals surface area (Å²) < 4.78 is 0. The van der Waals surface area contributed by atoms with Crippen LogP contribution in [0.3, 0.4) is 0 Å². The maximum Gasteiger partial charge on any atom is 0.326 e. The second-order valence-electron chi connectivity index (χ2n) is 4.14. The number of carboxylic acids is 1. The third-order valence-electron chi connectivity index (χ3n) is 2.69. The molecule has 3 amide bonds. The van der Waals surface area contributed by atoms with E-state index in [0.717, 1.165) is 0 Å². The Morgan fingerprint density at radius 1 is 1.41 bits per heavy atom. The smallest absolute Gasteiger partial charge is 0.326 e. The highest BCUT2D eigenvalue weighted by atomic mass is 16.4. The molecule has 1 aliphatic heterocycles. The van der Waals surface area contributed by atoms with Crippen LogP contribution in [-0.4, -0.2) is 66.0 Å². The Labute approximate surface area is 99.4 Å². The highest BCUT2D eigenvalue weighted by Crippen LogP contribution is 2.16. The summed E-state index contributed by atoms with van der Waals surface area (Å²) in [5.41, 5.74) is 0. The number of likely N-dealkylation sites (N-methyl/N-ethyl adjacent to an activating group) is 1. The lowest BCUT2D eigenvalue weighted by Crippen LogP contribution is -2.48. The fraction of sp³-hybridized carbons (Fsp3) is 0.700. The van der Waals surface area contributed by atoms with Crippen LogP contribution in [0.4, 0.5) is 4.79 Å². The van der Waals surface area contributed by atoms with Gasteiger partial charge in [-0.25, -0.2) is 9.59 Å². The van der Waals surface area contributed by atoms with Crippen LogP contribution in [0, 0.1) is 0 Å².